The van der Waals surface area contributed by atoms with Crippen LogP contribution in [0.3, 0.4) is 0 Å². The molecule has 5 N–H and O–H groups in total. The van der Waals surface area contributed by atoms with Crippen molar-refractivity contribution in [2.45, 2.75) is 44.6 Å². The Morgan fingerprint density at radius 2 is 2.00 bits per heavy atom. The highest BCUT2D eigenvalue weighted by Gasteiger charge is 2.21. The van der Waals surface area contributed by atoms with Crippen LogP contribution in [0, 0.1) is 5.92 Å². The van der Waals surface area contributed by atoms with Crippen molar-refractivity contribution in [1.82, 2.24) is 5.43 Å². The third-order valence-corrected chi connectivity index (χ3v) is 2.84. The van der Waals surface area contributed by atoms with E-state index < -0.39 is 0 Å². The summed E-state index contributed by atoms with van der Waals surface area (Å²) in [5.41, 5.74) is 8.02. The first-order valence-electron chi connectivity index (χ1n) is 4.99. The standard InChI is InChI=1S/C9H19N3O/c10-8(6-9(13)12-11)7-4-2-1-3-5-7/h7-8H,1-6,10-11H2,(H,12,13). The zero-order valence-corrected chi connectivity index (χ0v) is 7.96. The molecule has 1 atom stereocenters. The van der Waals surface area contributed by atoms with Gasteiger partial charge in [-0.15, -0.1) is 0 Å². The van der Waals surface area contributed by atoms with Gasteiger partial charge in [0, 0.05) is 12.5 Å². The predicted molar refractivity (Wildman–Crippen MR) is 51.5 cm³/mol. The second-order valence-electron chi connectivity index (χ2n) is 3.83. The van der Waals surface area contributed by atoms with Gasteiger partial charge in [0.15, 0.2) is 0 Å². The van der Waals surface area contributed by atoms with E-state index in [9.17, 15) is 4.79 Å². The van der Waals surface area contributed by atoms with Crippen molar-refractivity contribution in [3.8, 4) is 0 Å². The largest absolute Gasteiger partial charge is 0.327 e. The predicted octanol–water partition coefficient (Wildman–Crippen LogP) is 0.274. The van der Waals surface area contributed by atoms with Crippen LogP contribution in [0.25, 0.3) is 0 Å². The van der Waals surface area contributed by atoms with Crippen LogP contribution in [0.1, 0.15) is 38.5 Å². The molecule has 1 amide bonds. The Morgan fingerprint density at radius 3 is 2.54 bits per heavy atom. The Bertz CT molecular complexity index is 166. The number of hydrogen-bond acceptors (Lipinski definition) is 3. The molecule has 1 unspecified atom stereocenters. The number of hydrogen-bond donors (Lipinski definition) is 3. The molecular weight excluding hydrogens is 166 g/mol. The third-order valence-electron chi connectivity index (χ3n) is 2.84. The van der Waals surface area contributed by atoms with E-state index in [1.54, 1.807) is 0 Å². The van der Waals surface area contributed by atoms with Crippen LogP contribution in [0.15, 0.2) is 0 Å². The molecule has 4 heteroatoms. The van der Waals surface area contributed by atoms with Gasteiger partial charge in [0.1, 0.15) is 0 Å². The lowest BCUT2D eigenvalue weighted by Crippen LogP contribution is -2.39. The van der Waals surface area contributed by atoms with Crippen molar-refractivity contribution in [3.63, 3.8) is 0 Å². The van der Waals surface area contributed by atoms with E-state index in [0.717, 1.165) is 0 Å². The molecular formula is C9H19N3O. The summed E-state index contributed by atoms with van der Waals surface area (Å²) >= 11 is 0. The molecule has 0 aliphatic heterocycles. The zero-order chi connectivity index (χ0) is 9.68. The second-order valence-corrected chi connectivity index (χ2v) is 3.83. The minimum absolute atomic E-state index is 0.0103. The molecule has 0 saturated heterocycles. The van der Waals surface area contributed by atoms with Gasteiger partial charge in [0.25, 0.3) is 0 Å². The second kappa shape index (κ2) is 5.19. The fraction of sp³-hybridized carbons (Fsp3) is 0.889. The van der Waals surface area contributed by atoms with Crippen LogP contribution in [-0.2, 0) is 4.79 Å². The Labute approximate surface area is 79.0 Å². The van der Waals surface area contributed by atoms with Gasteiger partial charge in [-0.2, -0.15) is 0 Å². The van der Waals surface area contributed by atoms with Gasteiger partial charge >= 0.3 is 0 Å². The summed E-state index contributed by atoms with van der Waals surface area (Å²) in [6.45, 7) is 0. The quantitative estimate of drug-likeness (QED) is 0.335. The molecule has 1 rings (SSSR count). The van der Waals surface area contributed by atoms with Gasteiger partial charge in [-0.25, -0.2) is 5.84 Å². The van der Waals surface area contributed by atoms with E-state index in [1.807, 2.05) is 0 Å². The molecule has 0 heterocycles. The first-order valence-corrected chi connectivity index (χ1v) is 4.99. The highest BCUT2D eigenvalue weighted by atomic mass is 16.2. The number of nitrogens with one attached hydrogen (secondary N) is 1. The summed E-state index contributed by atoms with van der Waals surface area (Å²) in [6, 6.07) is -0.0103. The Hall–Kier alpha value is -0.610. The Morgan fingerprint density at radius 1 is 1.38 bits per heavy atom. The van der Waals surface area contributed by atoms with E-state index in [-0.39, 0.29) is 11.9 Å². The fourth-order valence-corrected chi connectivity index (χ4v) is 2.00. The van der Waals surface area contributed by atoms with Gasteiger partial charge in [-0.1, -0.05) is 19.3 Å². The zero-order valence-electron chi connectivity index (χ0n) is 7.96. The molecule has 76 valence electrons. The van der Waals surface area contributed by atoms with E-state index in [4.69, 9.17) is 11.6 Å². The van der Waals surface area contributed by atoms with E-state index in [2.05, 4.69) is 5.43 Å². The van der Waals surface area contributed by atoms with Crippen LogP contribution < -0.4 is 17.0 Å². The van der Waals surface area contributed by atoms with Crippen molar-refractivity contribution < 1.29 is 4.79 Å². The lowest BCUT2D eigenvalue weighted by atomic mass is 9.83. The van der Waals surface area contributed by atoms with Gasteiger partial charge in [-0.3, -0.25) is 10.2 Å². The van der Waals surface area contributed by atoms with E-state index in [0.29, 0.717) is 12.3 Å². The first kappa shape index (κ1) is 10.5. The van der Waals surface area contributed by atoms with Crippen molar-refractivity contribution in [3.05, 3.63) is 0 Å². The van der Waals surface area contributed by atoms with Crippen LogP contribution in [0.4, 0.5) is 0 Å². The summed E-state index contributed by atoms with van der Waals surface area (Å²) in [4.78, 5) is 10.9. The number of carbonyl (C=O) groups excluding carboxylic acids is 1. The lowest BCUT2D eigenvalue weighted by Gasteiger charge is -2.26. The SMILES string of the molecule is NNC(=O)CC(N)C1CCCCC1. The molecule has 1 aliphatic rings. The molecule has 13 heavy (non-hydrogen) atoms. The maximum atomic E-state index is 10.9. The normalized spacial score (nSPS) is 21.1. The maximum Gasteiger partial charge on any atom is 0.235 e. The monoisotopic (exact) mass is 185 g/mol. The summed E-state index contributed by atoms with van der Waals surface area (Å²) in [6.07, 6.45) is 6.51. The minimum atomic E-state index is -0.155. The summed E-state index contributed by atoms with van der Waals surface area (Å²) in [7, 11) is 0. The van der Waals surface area contributed by atoms with Crippen LogP contribution in [0.5, 0.6) is 0 Å². The lowest BCUT2D eigenvalue weighted by molar-refractivity contribution is -0.121. The number of rotatable bonds is 3. The molecule has 1 saturated carbocycles. The summed E-state index contributed by atoms with van der Waals surface area (Å²) in [5.74, 6) is 5.36. The molecule has 0 radical (unpaired) electrons. The van der Waals surface area contributed by atoms with Crippen molar-refractivity contribution in [2.75, 3.05) is 0 Å². The fourth-order valence-electron chi connectivity index (χ4n) is 2.00. The van der Waals surface area contributed by atoms with Gasteiger partial charge in [0.05, 0.1) is 0 Å². The van der Waals surface area contributed by atoms with Crippen LogP contribution in [-0.4, -0.2) is 11.9 Å². The van der Waals surface area contributed by atoms with Gasteiger partial charge in [-0.05, 0) is 18.8 Å². The average Bonchev–Trinajstić information content (AvgIpc) is 2.19. The van der Waals surface area contributed by atoms with Crippen molar-refractivity contribution in [2.24, 2.45) is 17.5 Å². The van der Waals surface area contributed by atoms with Crippen molar-refractivity contribution >= 4 is 5.91 Å². The topological polar surface area (TPSA) is 81.1 Å². The number of hydrazine groups is 1. The van der Waals surface area contributed by atoms with Crippen LogP contribution >= 0.6 is 0 Å². The maximum absolute atomic E-state index is 10.9. The smallest absolute Gasteiger partial charge is 0.235 e. The Balaban J connectivity index is 2.28. The summed E-state index contributed by atoms with van der Waals surface area (Å²) in [5, 5.41) is 0. The molecule has 0 aromatic rings. The van der Waals surface area contributed by atoms with E-state index in [1.165, 1.54) is 32.1 Å². The van der Waals surface area contributed by atoms with Crippen LogP contribution in [0.2, 0.25) is 0 Å². The highest BCUT2D eigenvalue weighted by molar-refractivity contribution is 5.75. The highest BCUT2D eigenvalue weighted by Crippen LogP contribution is 2.26. The molecule has 0 aromatic heterocycles. The first-order chi connectivity index (χ1) is 6.24. The number of nitrogens with two attached hydrogens (primary N) is 2. The molecule has 0 spiro atoms. The summed E-state index contributed by atoms with van der Waals surface area (Å²) < 4.78 is 0. The molecule has 4 nitrogen and oxygen atoms in total. The van der Waals surface area contributed by atoms with E-state index >= 15 is 0 Å². The molecule has 1 fully saturated rings. The molecule has 0 aromatic carbocycles. The molecule has 1 aliphatic carbocycles. The Kier molecular flexibility index (Phi) is 4.18. The van der Waals surface area contributed by atoms with Crippen molar-refractivity contribution in [1.29, 1.82) is 0 Å². The molecule has 0 bridgehead atoms. The van der Waals surface area contributed by atoms with Gasteiger partial charge < -0.3 is 5.73 Å². The minimum Gasteiger partial charge on any atom is -0.327 e. The number of carbonyl (C=O) groups is 1. The average molecular weight is 185 g/mol. The van der Waals surface area contributed by atoms with Gasteiger partial charge in [0.2, 0.25) is 5.91 Å². The third kappa shape index (κ3) is 3.32. The number of amides is 1.